The molecule has 0 saturated heterocycles. The molecule has 0 bridgehead atoms. The second-order valence-corrected chi connectivity index (χ2v) is 10.4. The van der Waals surface area contributed by atoms with Crippen molar-refractivity contribution in [1.82, 2.24) is 0 Å². The van der Waals surface area contributed by atoms with Crippen molar-refractivity contribution in [3.8, 4) is 0 Å². The summed E-state index contributed by atoms with van der Waals surface area (Å²) in [5.41, 5.74) is 3.64. The largest absolute Gasteiger partial charge is 0.476 e. The monoisotopic (exact) mass is 385 g/mol. The van der Waals surface area contributed by atoms with Crippen molar-refractivity contribution in [2.24, 2.45) is 33.6 Å². The average molecular weight is 386 g/mol. The lowest BCUT2D eigenvalue weighted by molar-refractivity contribution is -0.0268. The van der Waals surface area contributed by atoms with Gasteiger partial charge >= 0.3 is 0 Å². The van der Waals surface area contributed by atoms with Crippen molar-refractivity contribution in [2.45, 2.75) is 77.4 Å². The van der Waals surface area contributed by atoms with Gasteiger partial charge in [-0.1, -0.05) is 31.1 Å². The Morgan fingerprint density at radius 3 is 2.75 bits per heavy atom. The first-order valence-electron chi connectivity index (χ1n) is 11.3. The zero-order chi connectivity index (χ0) is 19.5. The van der Waals surface area contributed by atoms with Gasteiger partial charge in [-0.3, -0.25) is 0 Å². The minimum absolute atomic E-state index is 0.0677. The van der Waals surface area contributed by atoms with Gasteiger partial charge in [-0.25, -0.2) is 4.99 Å². The maximum Gasteiger partial charge on any atom is 0.209 e. The van der Waals surface area contributed by atoms with Gasteiger partial charge in [-0.05, 0) is 86.0 Å². The molecule has 4 aliphatic carbocycles. The standard InChI is InChI=1S/C24H35NO3/c1-23-9-7-18(27)11-15(23)3-5-19-20-6-4-16(24(20,2)10-8-21(19)23)12-22-25-17(13-26)14-28-22/h3,12,17-21,26-27H,4-11,13-14H2,1-2H3/b16-12+/t17-,18+,19+,20+,21+,23+,24-/m1/s1. The minimum atomic E-state index is -0.124. The summed E-state index contributed by atoms with van der Waals surface area (Å²) in [6.45, 7) is 5.56. The number of hydrogen-bond donors (Lipinski definition) is 2. The van der Waals surface area contributed by atoms with Gasteiger partial charge in [0, 0.05) is 0 Å². The number of ether oxygens (including phenoxy) is 1. The van der Waals surface area contributed by atoms with Crippen LogP contribution in [0, 0.1) is 28.6 Å². The van der Waals surface area contributed by atoms with Gasteiger partial charge < -0.3 is 14.9 Å². The van der Waals surface area contributed by atoms with Crippen LogP contribution in [0.1, 0.15) is 65.2 Å². The number of hydrogen-bond acceptors (Lipinski definition) is 4. The SMILES string of the molecule is C[C@]12CC[C@H](O)CC1=CC[C@@H]1[C@@H]2CC[C@]2(C)/C(=C/C3=N[C@H](CO)CO3)CC[C@@H]12. The van der Waals surface area contributed by atoms with E-state index in [1.807, 2.05) is 0 Å². The molecule has 0 unspecified atom stereocenters. The molecule has 0 aromatic heterocycles. The third-order valence-corrected chi connectivity index (χ3v) is 9.17. The van der Waals surface area contributed by atoms with Crippen molar-refractivity contribution in [2.75, 3.05) is 13.2 Å². The highest BCUT2D eigenvalue weighted by molar-refractivity contribution is 5.89. The first kappa shape index (κ1) is 18.9. The van der Waals surface area contributed by atoms with Gasteiger partial charge in [0.15, 0.2) is 0 Å². The summed E-state index contributed by atoms with van der Waals surface area (Å²) >= 11 is 0. The number of aliphatic hydroxyl groups is 2. The fourth-order valence-electron chi connectivity index (χ4n) is 7.48. The van der Waals surface area contributed by atoms with Gasteiger partial charge in [0.2, 0.25) is 5.90 Å². The van der Waals surface area contributed by atoms with E-state index in [2.05, 4.69) is 31.0 Å². The smallest absolute Gasteiger partial charge is 0.209 e. The number of nitrogens with zero attached hydrogens (tertiary/aromatic N) is 1. The third kappa shape index (κ3) is 2.74. The molecule has 28 heavy (non-hydrogen) atoms. The third-order valence-electron chi connectivity index (χ3n) is 9.17. The maximum absolute atomic E-state index is 10.2. The number of allylic oxidation sites excluding steroid dienone is 2. The van der Waals surface area contributed by atoms with Crippen LogP contribution >= 0.6 is 0 Å². The molecular weight excluding hydrogens is 350 g/mol. The van der Waals surface area contributed by atoms with Gasteiger partial charge in [0.1, 0.15) is 12.6 Å². The first-order chi connectivity index (χ1) is 13.4. The lowest BCUT2D eigenvalue weighted by Crippen LogP contribution is -2.49. The number of aliphatic imine (C=N–C) groups is 1. The Morgan fingerprint density at radius 2 is 1.96 bits per heavy atom. The fourth-order valence-corrected chi connectivity index (χ4v) is 7.48. The lowest BCUT2D eigenvalue weighted by Gasteiger charge is -2.57. The molecule has 4 nitrogen and oxygen atoms in total. The summed E-state index contributed by atoms with van der Waals surface area (Å²) < 4.78 is 5.73. The van der Waals surface area contributed by atoms with Crippen molar-refractivity contribution in [1.29, 1.82) is 0 Å². The van der Waals surface area contributed by atoms with Crippen LogP contribution < -0.4 is 0 Å². The molecule has 0 spiro atoms. The van der Waals surface area contributed by atoms with Gasteiger partial charge in [0.05, 0.1) is 12.7 Å². The number of fused-ring (bicyclic) bond motifs is 5. The van der Waals surface area contributed by atoms with Crippen LogP contribution in [-0.2, 0) is 4.74 Å². The average Bonchev–Trinajstić information content (AvgIpc) is 3.27. The van der Waals surface area contributed by atoms with E-state index < -0.39 is 0 Å². The molecule has 5 aliphatic rings. The van der Waals surface area contributed by atoms with Crippen molar-refractivity contribution < 1.29 is 14.9 Å². The number of aliphatic hydroxyl groups excluding tert-OH is 2. The van der Waals surface area contributed by atoms with E-state index in [4.69, 9.17) is 4.74 Å². The van der Waals surface area contributed by atoms with E-state index >= 15 is 0 Å². The highest BCUT2D eigenvalue weighted by Crippen LogP contribution is 2.66. The lowest BCUT2D eigenvalue weighted by atomic mass is 9.48. The molecule has 0 aromatic rings. The van der Waals surface area contributed by atoms with Gasteiger partial charge in [-0.15, -0.1) is 0 Å². The number of rotatable bonds is 2. The summed E-state index contributed by atoms with van der Waals surface area (Å²) in [6, 6.07) is -0.0869. The van der Waals surface area contributed by atoms with Crippen LogP contribution in [0.5, 0.6) is 0 Å². The Balaban J connectivity index is 1.41. The topological polar surface area (TPSA) is 62.1 Å². The van der Waals surface area contributed by atoms with Gasteiger partial charge in [0.25, 0.3) is 0 Å². The van der Waals surface area contributed by atoms with Crippen molar-refractivity contribution >= 4 is 5.90 Å². The van der Waals surface area contributed by atoms with Crippen LogP contribution in [0.2, 0.25) is 0 Å². The molecule has 0 aromatic carbocycles. The Kier molecular flexibility index (Phi) is 4.52. The predicted molar refractivity (Wildman–Crippen MR) is 110 cm³/mol. The van der Waals surface area contributed by atoms with Crippen molar-refractivity contribution in [3.05, 3.63) is 23.3 Å². The Hall–Kier alpha value is -1.13. The Morgan fingerprint density at radius 1 is 1.18 bits per heavy atom. The van der Waals surface area contributed by atoms with Crippen LogP contribution in [0.15, 0.2) is 28.3 Å². The highest BCUT2D eigenvalue weighted by Gasteiger charge is 2.57. The van der Waals surface area contributed by atoms with E-state index in [0.29, 0.717) is 12.0 Å². The van der Waals surface area contributed by atoms with Crippen LogP contribution in [0.4, 0.5) is 0 Å². The van der Waals surface area contributed by atoms with Crippen LogP contribution in [0.3, 0.4) is 0 Å². The Labute approximate surface area is 168 Å². The molecule has 0 amide bonds. The molecule has 3 saturated carbocycles. The second-order valence-electron chi connectivity index (χ2n) is 10.4. The second kappa shape index (κ2) is 6.70. The quantitative estimate of drug-likeness (QED) is 0.706. The van der Waals surface area contributed by atoms with E-state index in [-0.39, 0.29) is 24.2 Å². The van der Waals surface area contributed by atoms with E-state index in [1.54, 1.807) is 5.57 Å². The summed E-state index contributed by atoms with van der Waals surface area (Å²) in [5.74, 6) is 3.02. The molecule has 5 rings (SSSR count). The molecule has 4 heteroatoms. The summed E-state index contributed by atoms with van der Waals surface area (Å²) in [4.78, 5) is 4.53. The molecule has 0 radical (unpaired) electrons. The predicted octanol–water partition coefficient (Wildman–Crippen LogP) is 4.03. The first-order valence-corrected chi connectivity index (χ1v) is 11.3. The molecule has 1 aliphatic heterocycles. The molecule has 2 N–H and O–H groups in total. The molecular formula is C24H35NO3. The van der Waals surface area contributed by atoms with E-state index in [1.165, 1.54) is 31.3 Å². The summed E-state index contributed by atoms with van der Waals surface area (Å²) in [6.07, 6.45) is 13.8. The van der Waals surface area contributed by atoms with Gasteiger partial charge in [-0.2, -0.15) is 0 Å². The fraction of sp³-hybridized carbons (Fsp3) is 0.792. The Bertz CT molecular complexity index is 740. The molecule has 3 fully saturated rings. The summed E-state index contributed by atoms with van der Waals surface area (Å²) in [7, 11) is 0. The minimum Gasteiger partial charge on any atom is -0.476 e. The zero-order valence-electron chi connectivity index (χ0n) is 17.4. The highest BCUT2D eigenvalue weighted by atomic mass is 16.5. The van der Waals surface area contributed by atoms with Crippen molar-refractivity contribution in [3.63, 3.8) is 0 Å². The van der Waals surface area contributed by atoms with E-state index in [0.717, 1.165) is 49.3 Å². The molecule has 7 atom stereocenters. The normalized spacial score (nSPS) is 49.0. The zero-order valence-corrected chi connectivity index (χ0v) is 17.4. The summed E-state index contributed by atoms with van der Waals surface area (Å²) in [5, 5.41) is 19.5. The molecule has 1 heterocycles. The van der Waals surface area contributed by atoms with Crippen LogP contribution in [0.25, 0.3) is 0 Å². The maximum atomic E-state index is 10.2. The van der Waals surface area contributed by atoms with E-state index in [9.17, 15) is 10.2 Å². The van der Waals surface area contributed by atoms with Crippen LogP contribution in [-0.4, -0.2) is 41.5 Å². The molecule has 154 valence electrons.